The number of aliphatic carboxylic acids is 1. The monoisotopic (exact) mass is 296 g/mol. The number of carboxylic acids is 1. The first-order valence-electron chi connectivity index (χ1n) is 7.30. The van der Waals surface area contributed by atoms with E-state index in [0.29, 0.717) is 12.5 Å². The Hall–Kier alpha value is -1.62. The van der Waals surface area contributed by atoms with Crippen molar-refractivity contribution in [2.75, 3.05) is 18.5 Å². The van der Waals surface area contributed by atoms with Gasteiger partial charge in [-0.1, -0.05) is 20.3 Å². The van der Waals surface area contributed by atoms with Crippen molar-refractivity contribution in [3.8, 4) is 0 Å². The number of anilines is 1. The zero-order chi connectivity index (χ0) is 16.0. The van der Waals surface area contributed by atoms with Gasteiger partial charge in [-0.3, -0.25) is 4.79 Å². The molecule has 2 N–H and O–H groups in total. The van der Waals surface area contributed by atoms with Crippen LogP contribution in [0.4, 0.5) is 10.1 Å². The molecule has 0 saturated heterocycles. The van der Waals surface area contributed by atoms with Crippen molar-refractivity contribution >= 4 is 11.7 Å². The number of carbonyl (C=O) groups is 1. The summed E-state index contributed by atoms with van der Waals surface area (Å²) in [6.45, 7) is 7.09. The summed E-state index contributed by atoms with van der Waals surface area (Å²) < 4.78 is 13.5. The van der Waals surface area contributed by atoms with Crippen LogP contribution < -0.4 is 10.2 Å². The summed E-state index contributed by atoms with van der Waals surface area (Å²) >= 11 is 0. The topological polar surface area (TPSA) is 52.6 Å². The van der Waals surface area contributed by atoms with E-state index in [1.54, 1.807) is 13.0 Å². The minimum absolute atomic E-state index is 0.310. The molecule has 21 heavy (non-hydrogen) atoms. The van der Waals surface area contributed by atoms with E-state index in [9.17, 15) is 9.18 Å². The highest BCUT2D eigenvalue weighted by Gasteiger charge is 2.14. The molecular weight excluding hydrogens is 271 g/mol. The lowest BCUT2D eigenvalue weighted by Crippen LogP contribution is -2.34. The van der Waals surface area contributed by atoms with Crippen LogP contribution in [0, 0.1) is 11.7 Å². The molecule has 4 nitrogen and oxygen atoms in total. The normalized spacial score (nSPS) is 13.8. The van der Waals surface area contributed by atoms with Gasteiger partial charge in [0, 0.05) is 25.8 Å². The molecule has 1 rings (SSSR count). The molecule has 1 aromatic rings. The van der Waals surface area contributed by atoms with Gasteiger partial charge in [0.2, 0.25) is 0 Å². The first-order chi connectivity index (χ1) is 9.85. The number of carboxylic acid groups (broad SMARTS) is 1. The average molecular weight is 296 g/mol. The molecule has 0 fully saturated rings. The minimum atomic E-state index is -0.916. The quantitative estimate of drug-likeness (QED) is 0.774. The second kappa shape index (κ2) is 7.98. The molecule has 0 heterocycles. The van der Waals surface area contributed by atoms with Crippen LogP contribution in [0.3, 0.4) is 0 Å². The lowest BCUT2D eigenvalue weighted by molar-refractivity contribution is -0.139. The first-order valence-corrected chi connectivity index (χ1v) is 7.30. The molecule has 5 heteroatoms. The Morgan fingerprint density at radius 2 is 2.10 bits per heavy atom. The highest BCUT2D eigenvalue weighted by molar-refractivity contribution is 5.72. The Labute approximate surface area is 126 Å². The number of halogens is 1. The van der Waals surface area contributed by atoms with Crippen molar-refractivity contribution in [3.05, 3.63) is 29.6 Å². The number of hydrogen-bond donors (Lipinski definition) is 2. The molecule has 0 aliphatic rings. The third-order valence-electron chi connectivity index (χ3n) is 3.70. The van der Waals surface area contributed by atoms with E-state index in [2.05, 4.69) is 24.1 Å². The van der Waals surface area contributed by atoms with E-state index < -0.39 is 12.0 Å². The van der Waals surface area contributed by atoms with Gasteiger partial charge < -0.3 is 15.3 Å². The van der Waals surface area contributed by atoms with Crippen molar-refractivity contribution in [3.63, 3.8) is 0 Å². The number of nitrogens with one attached hydrogen (secondary N) is 1. The predicted molar refractivity (Wildman–Crippen MR) is 83.1 cm³/mol. The van der Waals surface area contributed by atoms with E-state index in [0.717, 1.165) is 24.2 Å². The van der Waals surface area contributed by atoms with Crippen LogP contribution in [0.1, 0.15) is 32.8 Å². The van der Waals surface area contributed by atoms with E-state index >= 15 is 0 Å². The van der Waals surface area contributed by atoms with Crippen LogP contribution in [0.25, 0.3) is 0 Å². The van der Waals surface area contributed by atoms with Crippen molar-refractivity contribution < 1.29 is 14.3 Å². The fourth-order valence-corrected chi connectivity index (χ4v) is 2.11. The minimum Gasteiger partial charge on any atom is -0.480 e. The Morgan fingerprint density at radius 1 is 1.43 bits per heavy atom. The molecule has 118 valence electrons. The van der Waals surface area contributed by atoms with Crippen LogP contribution in [-0.4, -0.2) is 30.7 Å². The smallest absolute Gasteiger partial charge is 0.320 e. The largest absolute Gasteiger partial charge is 0.480 e. The summed E-state index contributed by atoms with van der Waals surface area (Å²) in [5.74, 6) is -0.685. The summed E-state index contributed by atoms with van der Waals surface area (Å²) in [5.41, 5.74) is 1.70. The summed E-state index contributed by atoms with van der Waals surface area (Å²) in [6.07, 6.45) is 1.08. The SMILES string of the molecule is CCC(C)CN(C)c1ccc(F)cc1CNC(C)C(=O)O. The molecular formula is C16H25FN2O2. The Morgan fingerprint density at radius 3 is 2.67 bits per heavy atom. The van der Waals surface area contributed by atoms with Crippen molar-refractivity contribution in [1.82, 2.24) is 5.32 Å². The van der Waals surface area contributed by atoms with E-state index in [1.807, 2.05) is 7.05 Å². The number of nitrogens with zero attached hydrogens (tertiary/aromatic N) is 1. The van der Waals surface area contributed by atoms with Crippen LogP contribution in [0.15, 0.2) is 18.2 Å². The maximum atomic E-state index is 13.5. The lowest BCUT2D eigenvalue weighted by Gasteiger charge is -2.26. The zero-order valence-corrected chi connectivity index (χ0v) is 13.2. The Kier molecular flexibility index (Phi) is 6.62. The molecule has 0 aliphatic heterocycles. The second-order valence-corrected chi connectivity index (χ2v) is 5.61. The predicted octanol–water partition coefficient (Wildman–Crippen LogP) is 2.87. The first kappa shape index (κ1) is 17.4. The van der Waals surface area contributed by atoms with Gasteiger partial charge in [-0.15, -0.1) is 0 Å². The van der Waals surface area contributed by atoms with Gasteiger partial charge in [-0.25, -0.2) is 4.39 Å². The van der Waals surface area contributed by atoms with Gasteiger partial charge in [-0.05, 0) is 36.6 Å². The van der Waals surface area contributed by atoms with E-state index in [1.165, 1.54) is 12.1 Å². The number of rotatable bonds is 8. The zero-order valence-electron chi connectivity index (χ0n) is 13.2. The highest BCUT2D eigenvalue weighted by atomic mass is 19.1. The van der Waals surface area contributed by atoms with Crippen LogP contribution in [-0.2, 0) is 11.3 Å². The molecule has 0 aromatic heterocycles. The van der Waals surface area contributed by atoms with Gasteiger partial charge in [0.25, 0.3) is 0 Å². The summed E-state index contributed by atoms with van der Waals surface area (Å²) in [4.78, 5) is 12.9. The molecule has 0 amide bonds. The van der Waals surface area contributed by atoms with E-state index in [4.69, 9.17) is 5.11 Å². The lowest BCUT2D eigenvalue weighted by atomic mass is 10.1. The molecule has 2 unspecified atom stereocenters. The Balaban J connectivity index is 2.86. The molecule has 0 radical (unpaired) electrons. The highest BCUT2D eigenvalue weighted by Crippen LogP contribution is 2.22. The van der Waals surface area contributed by atoms with Crippen molar-refractivity contribution in [1.29, 1.82) is 0 Å². The van der Waals surface area contributed by atoms with Crippen LogP contribution in [0.5, 0.6) is 0 Å². The maximum absolute atomic E-state index is 13.5. The molecule has 0 saturated carbocycles. The summed E-state index contributed by atoms with van der Waals surface area (Å²) in [6, 6.07) is 3.98. The Bertz CT molecular complexity index is 479. The van der Waals surface area contributed by atoms with Gasteiger partial charge in [0.1, 0.15) is 11.9 Å². The molecule has 0 aliphatic carbocycles. The van der Waals surface area contributed by atoms with Gasteiger partial charge in [0.15, 0.2) is 0 Å². The molecule has 0 spiro atoms. The van der Waals surface area contributed by atoms with Gasteiger partial charge in [0.05, 0.1) is 0 Å². The third-order valence-corrected chi connectivity index (χ3v) is 3.70. The van der Waals surface area contributed by atoms with Crippen LogP contribution in [0.2, 0.25) is 0 Å². The average Bonchev–Trinajstić information content (AvgIpc) is 2.44. The van der Waals surface area contributed by atoms with E-state index in [-0.39, 0.29) is 5.82 Å². The number of benzene rings is 1. The van der Waals surface area contributed by atoms with Gasteiger partial charge >= 0.3 is 5.97 Å². The molecule has 1 aromatic carbocycles. The molecule has 2 atom stereocenters. The van der Waals surface area contributed by atoms with Crippen molar-refractivity contribution in [2.45, 2.75) is 39.8 Å². The summed E-state index contributed by atoms with van der Waals surface area (Å²) in [5, 5.41) is 11.8. The fraction of sp³-hybridized carbons (Fsp3) is 0.562. The maximum Gasteiger partial charge on any atom is 0.320 e. The number of hydrogen-bond acceptors (Lipinski definition) is 3. The molecule has 0 bridgehead atoms. The fourth-order valence-electron chi connectivity index (χ4n) is 2.11. The third kappa shape index (κ3) is 5.34. The van der Waals surface area contributed by atoms with Gasteiger partial charge in [-0.2, -0.15) is 0 Å². The van der Waals surface area contributed by atoms with Crippen LogP contribution >= 0.6 is 0 Å². The van der Waals surface area contributed by atoms with Crippen molar-refractivity contribution in [2.24, 2.45) is 5.92 Å². The standard InChI is InChI=1S/C16H25FN2O2/c1-5-11(2)10-19(4)15-7-6-14(17)8-13(15)9-18-12(3)16(20)21/h6-8,11-12,18H,5,9-10H2,1-4H3,(H,20,21). The second-order valence-electron chi connectivity index (χ2n) is 5.61. The summed E-state index contributed by atoms with van der Waals surface area (Å²) in [7, 11) is 1.98.